The van der Waals surface area contributed by atoms with Gasteiger partial charge in [0, 0.05) is 35.0 Å². The van der Waals surface area contributed by atoms with Crippen LogP contribution in [0.15, 0.2) is 51.8 Å². The first-order valence-electron chi connectivity index (χ1n) is 8.59. The fraction of sp³-hybridized carbons (Fsp3) is 0.444. The number of pyridine rings is 1. The summed E-state index contributed by atoms with van der Waals surface area (Å²) in [7, 11) is 0. The molecule has 0 spiro atoms. The molecule has 6 heteroatoms. The maximum absolute atomic E-state index is 4.96. The summed E-state index contributed by atoms with van der Waals surface area (Å²) in [5.74, 6) is 1.90. The Balaban J connectivity index is 1.62. The fourth-order valence-corrected chi connectivity index (χ4v) is 4.17. The lowest BCUT2D eigenvalue weighted by Crippen LogP contribution is -2.47. The topological polar surface area (TPSA) is 52.5 Å². The van der Waals surface area contributed by atoms with Crippen molar-refractivity contribution in [1.29, 1.82) is 0 Å². The Bertz CT molecular complexity index is 691. The van der Waals surface area contributed by atoms with Gasteiger partial charge in [-0.15, -0.1) is 0 Å². The normalized spacial score (nSPS) is 26.9. The predicted octanol–water partition coefficient (Wildman–Crippen LogP) is 3.79. The van der Waals surface area contributed by atoms with Crippen LogP contribution in [0.5, 0.6) is 0 Å². The van der Waals surface area contributed by atoms with E-state index in [9.17, 15) is 0 Å². The minimum Gasteiger partial charge on any atom is -0.349 e. The van der Waals surface area contributed by atoms with E-state index in [1.54, 1.807) is 6.20 Å². The molecule has 24 heavy (non-hydrogen) atoms. The number of fused-ring (bicyclic) bond motifs is 1. The molecule has 4 rings (SSSR count). The van der Waals surface area contributed by atoms with Gasteiger partial charge >= 0.3 is 0 Å². The average Bonchev–Trinajstić information content (AvgIpc) is 3.13. The summed E-state index contributed by atoms with van der Waals surface area (Å²) in [5.41, 5.74) is 1.31. The van der Waals surface area contributed by atoms with E-state index >= 15 is 0 Å². The van der Waals surface area contributed by atoms with Crippen molar-refractivity contribution >= 4 is 27.7 Å². The van der Waals surface area contributed by atoms with Gasteiger partial charge in [0.15, 0.2) is 0 Å². The highest BCUT2D eigenvalue weighted by atomic mass is 79.9. The van der Waals surface area contributed by atoms with Crippen LogP contribution in [0.25, 0.3) is 0 Å². The Morgan fingerprint density at radius 2 is 2.12 bits per heavy atom. The molecule has 0 radical (unpaired) electrons. The molecule has 0 amide bonds. The molecule has 1 saturated carbocycles. The third kappa shape index (κ3) is 2.95. The average molecular weight is 388 g/mol. The molecule has 2 aliphatic heterocycles. The van der Waals surface area contributed by atoms with E-state index in [1.165, 1.54) is 35.7 Å². The van der Waals surface area contributed by atoms with Crippen LogP contribution in [0.4, 0.5) is 5.82 Å². The Hall–Kier alpha value is -1.82. The van der Waals surface area contributed by atoms with Crippen LogP contribution < -0.4 is 10.6 Å². The van der Waals surface area contributed by atoms with Crippen LogP contribution in [0.2, 0.25) is 0 Å². The van der Waals surface area contributed by atoms with Gasteiger partial charge in [0.1, 0.15) is 12.0 Å². The summed E-state index contributed by atoms with van der Waals surface area (Å²) in [6, 6.07) is 6.40. The number of aromatic nitrogens is 1. The number of halogens is 1. The number of guanidine groups is 1. The molecule has 2 atom stereocenters. The van der Waals surface area contributed by atoms with Crippen molar-refractivity contribution in [3.63, 3.8) is 0 Å². The van der Waals surface area contributed by atoms with E-state index in [1.807, 2.05) is 18.2 Å². The van der Waals surface area contributed by atoms with Crippen LogP contribution in [0.3, 0.4) is 0 Å². The minimum absolute atomic E-state index is 0.0665. The third-order valence-electron chi connectivity index (χ3n) is 5.05. The molecule has 1 fully saturated rings. The fourth-order valence-electron chi connectivity index (χ4n) is 3.67. The summed E-state index contributed by atoms with van der Waals surface area (Å²) in [5, 5.41) is 6.57. The first kappa shape index (κ1) is 15.7. The summed E-state index contributed by atoms with van der Waals surface area (Å²) >= 11 is 3.75. The summed E-state index contributed by atoms with van der Waals surface area (Å²) in [6.45, 7) is 2.22. The van der Waals surface area contributed by atoms with Crippen molar-refractivity contribution < 1.29 is 0 Å². The van der Waals surface area contributed by atoms with Crippen molar-refractivity contribution in [3.05, 3.63) is 46.9 Å². The van der Waals surface area contributed by atoms with E-state index in [2.05, 4.69) is 55.8 Å². The number of allylic oxidation sites excluding steroid dienone is 1. The maximum Gasteiger partial charge on any atom is 0.203 e. The predicted molar refractivity (Wildman–Crippen MR) is 101 cm³/mol. The number of rotatable bonds is 2. The molecule has 3 heterocycles. The van der Waals surface area contributed by atoms with E-state index < -0.39 is 0 Å². The number of nitrogens with one attached hydrogen (secondary N) is 2. The molecule has 0 saturated heterocycles. The molecule has 0 bridgehead atoms. The summed E-state index contributed by atoms with van der Waals surface area (Å²) in [4.78, 5) is 11.7. The zero-order chi connectivity index (χ0) is 16.5. The van der Waals surface area contributed by atoms with Crippen LogP contribution in [0, 0.1) is 5.92 Å². The number of aliphatic imine (C=N–C) groups is 1. The quantitative estimate of drug-likeness (QED) is 0.810. The van der Waals surface area contributed by atoms with Gasteiger partial charge in [-0.3, -0.25) is 0 Å². The second kappa shape index (κ2) is 6.59. The monoisotopic (exact) mass is 387 g/mol. The Morgan fingerprint density at radius 1 is 1.29 bits per heavy atom. The third-order valence-corrected chi connectivity index (χ3v) is 5.94. The second-order valence-corrected chi connectivity index (χ2v) is 7.52. The maximum atomic E-state index is 4.96. The first-order chi connectivity index (χ1) is 11.7. The van der Waals surface area contributed by atoms with E-state index in [0.717, 1.165) is 11.8 Å². The number of hydrogen-bond donors (Lipinski definition) is 2. The largest absolute Gasteiger partial charge is 0.349 e. The lowest BCUT2D eigenvalue weighted by atomic mass is 9.93. The smallest absolute Gasteiger partial charge is 0.203 e. The zero-order valence-electron chi connectivity index (χ0n) is 13.7. The van der Waals surface area contributed by atoms with E-state index in [-0.39, 0.29) is 6.17 Å². The lowest BCUT2D eigenvalue weighted by Gasteiger charge is -2.42. The van der Waals surface area contributed by atoms with Gasteiger partial charge in [-0.25, -0.2) is 9.98 Å². The molecular weight excluding hydrogens is 366 g/mol. The van der Waals surface area contributed by atoms with Gasteiger partial charge in [0.25, 0.3) is 0 Å². The molecular formula is C18H22BrN5. The van der Waals surface area contributed by atoms with E-state index in [4.69, 9.17) is 4.99 Å². The Morgan fingerprint density at radius 3 is 2.88 bits per heavy atom. The molecule has 1 aliphatic carbocycles. The van der Waals surface area contributed by atoms with Crippen molar-refractivity contribution in [2.45, 2.75) is 44.8 Å². The molecule has 1 aromatic heterocycles. The van der Waals surface area contributed by atoms with E-state index in [0.29, 0.717) is 12.0 Å². The van der Waals surface area contributed by atoms with Crippen molar-refractivity contribution in [2.24, 2.45) is 10.9 Å². The molecule has 5 nitrogen and oxygen atoms in total. The van der Waals surface area contributed by atoms with Crippen LogP contribution in [-0.4, -0.2) is 28.1 Å². The van der Waals surface area contributed by atoms with Gasteiger partial charge in [-0.1, -0.05) is 41.8 Å². The second-order valence-electron chi connectivity index (χ2n) is 6.60. The Labute approximate surface area is 151 Å². The minimum atomic E-state index is 0.0665. The van der Waals surface area contributed by atoms with Crippen LogP contribution in [0.1, 0.15) is 32.6 Å². The molecule has 1 aromatic rings. The summed E-state index contributed by atoms with van der Waals surface area (Å²) < 4.78 is 1.23. The van der Waals surface area contributed by atoms with Crippen LogP contribution in [-0.2, 0) is 0 Å². The number of hydrogen-bond acceptors (Lipinski definition) is 5. The van der Waals surface area contributed by atoms with Crippen molar-refractivity contribution in [1.82, 2.24) is 15.2 Å². The molecule has 126 valence electrons. The molecule has 0 aromatic carbocycles. The number of anilines is 1. The number of nitrogens with zero attached hydrogens (tertiary/aromatic N) is 3. The highest BCUT2D eigenvalue weighted by molar-refractivity contribution is 9.11. The Kier molecular flexibility index (Phi) is 4.31. The highest BCUT2D eigenvalue weighted by Gasteiger charge is 2.37. The molecule has 2 N–H and O–H groups in total. The van der Waals surface area contributed by atoms with Crippen LogP contribution >= 0.6 is 15.9 Å². The molecule has 2 unspecified atom stereocenters. The lowest BCUT2D eigenvalue weighted by molar-refractivity contribution is 0.213. The summed E-state index contributed by atoms with van der Waals surface area (Å²) in [6.07, 6.45) is 11.3. The zero-order valence-corrected chi connectivity index (χ0v) is 15.3. The standard InChI is InChI=1S/C18H22BrN5/c1-12-14-10-21-18(22-16-8-4-5-9-20-16)23-17(14)24(11-15(12)19)13-6-2-3-7-13/h4-5,8-13,17H,2-3,6-7H2,1H3,(H2,20,21,22,23). The van der Waals surface area contributed by atoms with Crippen molar-refractivity contribution in [2.75, 3.05) is 5.32 Å². The van der Waals surface area contributed by atoms with Crippen molar-refractivity contribution in [3.8, 4) is 0 Å². The highest BCUT2D eigenvalue weighted by Crippen LogP contribution is 2.39. The SMILES string of the molecule is CC1C(Br)=CN(C2CCCC2)C2N=C(Nc3ccccn3)NC=C12. The van der Waals surface area contributed by atoms with Gasteiger partial charge in [0.2, 0.25) is 5.96 Å². The van der Waals surface area contributed by atoms with Gasteiger partial charge in [-0.2, -0.15) is 0 Å². The first-order valence-corrected chi connectivity index (χ1v) is 9.38. The molecule has 3 aliphatic rings. The van der Waals surface area contributed by atoms with Gasteiger partial charge in [-0.05, 0) is 30.5 Å². The van der Waals surface area contributed by atoms with Gasteiger partial charge < -0.3 is 15.5 Å². The van der Waals surface area contributed by atoms with Gasteiger partial charge in [0.05, 0.1) is 0 Å².